The summed E-state index contributed by atoms with van der Waals surface area (Å²) in [6, 6.07) is 3.11. The molecule has 0 spiro atoms. The number of halogens is 2. The van der Waals surface area contributed by atoms with Crippen LogP contribution in [0.25, 0.3) is 0 Å². The zero-order valence-electron chi connectivity index (χ0n) is 11.6. The summed E-state index contributed by atoms with van der Waals surface area (Å²) < 4.78 is 51.9. The molecule has 0 aliphatic heterocycles. The zero-order chi connectivity index (χ0) is 16.2. The first-order valence-electron chi connectivity index (χ1n) is 5.98. The fourth-order valence-electron chi connectivity index (χ4n) is 1.58. The second-order valence-electron chi connectivity index (χ2n) is 4.48. The van der Waals surface area contributed by atoms with Gasteiger partial charge in [-0.25, -0.2) is 8.78 Å². The van der Waals surface area contributed by atoms with Gasteiger partial charge in [0.2, 0.25) is 0 Å². The summed E-state index contributed by atoms with van der Waals surface area (Å²) in [5, 5.41) is 8.55. The molecule has 1 N–H and O–H groups in total. The van der Waals surface area contributed by atoms with Crippen LogP contribution in [-0.2, 0) is 21.5 Å². The molecule has 6 nitrogen and oxygen atoms in total. The molecule has 0 bridgehead atoms. The van der Waals surface area contributed by atoms with Crippen molar-refractivity contribution in [3.8, 4) is 0 Å². The largest absolute Gasteiger partial charge is 0.481 e. The normalized spacial score (nSPS) is 12.1. The third-order valence-corrected chi connectivity index (χ3v) is 4.70. The molecule has 0 radical (unpaired) electrons. The third kappa shape index (κ3) is 4.73. The van der Waals surface area contributed by atoms with Crippen molar-refractivity contribution in [2.75, 3.05) is 20.6 Å². The number of rotatable bonds is 7. The van der Waals surface area contributed by atoms with E-state index in [0.717, 1.165) is 20.7 Å². The van der Waals surface area contributed by atoms with Crippen LogP contribution < -0.4 is 0 Å². The van der Waals surface area contributed by atoms with Gasteiger partial charge in [-0.2, -0.15) is 17.0 Å². The molecule has 0 aromatic heterocycles. The Morgan fingerprint density at radius 1 is 1.19 bits per heavy atom. The van der Waals surface area contributed by atoms with Gasteiger partial charge in [-0.3, -0.25) is 4.79 Å². The quantitative estimate of drug-likeness (QED) is 0.814. The van der Waals surface area contributed by atoms with Crippen LogP contribution in [0, 0.1) is 11.6 Å². The molecule has 0 amide bonds. The van der Waals surface area contributed by atoms with Crippen LogP contribution in [-0.4, -0.2) is 48.7 Å². The standard InChI is InChI=1S/C12H16F2N2O4S/c1-15(6-5-12(17)18)21(19,20)16(2)8-9-3-4-10(13)11(14)7-9/h3-4,7H,5-6,8H2,1-2H3,(H,17,18). The van der Waals surface area contributed by atoms with Gasteiger partial charge in [0, 0.05) is 27.2 Å². The lowest BCUT2D eigenvalue weighted by Gasteiger charge is -2.24. The Morgan fingerprint density at radius 2 is 1.81 bits per heavy atom. The molecular weight excluding hydrogens is 306 g/mol. The lowest BCUT2D eigenvalue weighted by atomic mass is 10.2. The Bertz CT molecular complexity index is 622. The highest BCUT2D eigenvalue weighted by atomic mass is 32.2. The maximum absolute atomic E-state index is 13.1. The van der Waals surface area contributed by atoms with E-state index in [2.05, 4.69) is 0 Å². The maximum Gasteiger partial charge on any atom is 0.304 e. The van der Waals surface area contributed by atoms with Crippen LogP contribution in [0.2, 0.25) is 0 Å². The monoisotopic (exact) mass is 322 g/mol. The van der Waals surface area contributed by atoms with Crippen molar-refractivity contribution in [1.82, 2.24) is 8.61 Å². The number of benzene rings is 1. The average Bonchev–Trinajstić information content (AvgIpc) is 2.39. The summed E-state index contributed by atoms with van der Waals surface area (Å²) in [7, 11) is -1.35. The third-order valence-electron chi connectivity index (χ3n) is 2.82. The van der Waals surface area contributed by atoms with Crippen LogP contribution in [0.15, 0.2) is 18.2 Å². The molecule has 0 atom stereocenters. The number of hydrogen-bond acceptors (Lipinski definition) is 3. The van der Waals surface area contributed by atoms with Crippen molar-refractivity contribution in [1.29, 1.82) is 0 Å². The molecule has 118 valence electrons. The smallest absolute Gasteiger partial charge is 0.304 e. The fourth-order valence-corrected chi connectivity index (χ4v) is 2.69. The molecule has 9 heteroatoms. The van der Waals surface area contributed by atoms with Crippen LogP contribution in [0.3, 0.4) is 0 Å². The molecular formula is C12H16F2N2O4S. The van der Waals surface area contributed by atoms with E-state index in [9.17, 15) is 22.0 Å². The molecule has 0 aliphatic rings. The lowest BCUT2D eigenvalue weighted by molar-refractivity contribution is -0.137. The lowest BCUT2D eigenvalue weighted by Crippen LogP contribution is -2.40. The Hall–Kier alpha value is -1.58. The summed E-state index contributed by atoms with van der Waals surface area (Å²) in [4.78, 5) is 10.4. The minimum Gasteiger partial charge on any atom is -0.481 e. The van der Waals surface area contributed by atoms with Gasteiger partial charge >= 0.3 is 5.97 Å². The number of nitrogens with zero attached hydrogens (tertiary/aromatic N) is 2. The van der Waals surface area contributed by atoms with Crippen LogP contribution in [0.5, 0.6) is 0 Å². The summed E-state index contributed by atoms with van der Waals surface area (Å²) in [6.45, 7) is -0.337. The minimum atomic E-state index is -3.87. The van der Waals surface area contributed by atoms with Crippen molar-refractivity contribution in [2.24, 2.45) is 0 Å². The number of hydrogen-bond donors (Lipinski definition) is 1. The SMILES string of the molecule is CN(CCC(=O)O)S(=O)(=O)N(C)Cc1ccc(F)c(F)c1. The molecule has 0 heterocycles. The van der Waals surface area contributed by atoms with Crippen molar-refractivity contribution in [3.63, 3.8) is 0 Å². The van der Waals surface area contributed by atoms with E-state index in [-0.39, 0.29) is 25.1 Å². The van der Waals surface area contributed by atoms with E-state index < -0.39 is 27.8 Å². The summed E-state index contributed by atoms with van der Waals surface area (Å²) in [6.07, 6.45) is -0.325. The molecule has 21 heavy (non-hydrogen) atoms. The highest BCUT2D eigenvalue weighted by Gasteiger charge is 2.24. The minimum absolute atomic E-state index is 0.156. The van der Waals surface area contributed by atoms with Gasteiger partial charge in [-0.15, -0.1) is 0 Å². The molecule has 0 unspecified atom stereocenters. The summed E-state index contributed by atoms with van der Waals surface area (Å²) in [5.74, 6) is -3.18. The zero-order valence-corrected chi connectivity index (χ0v) is 12.4. The highest BCUT2D eigenvalue weighted by Crippen LogP contribution is 2.13. The average molecular weight is 322 g/mol. The molecule has 0 saturated heterocycles. The van der Waals surface area contributed by atoms with Gasteiger partial charge in [0.25, 0.3) is 10.2 Å². The molecule has 0 fully saturated rings. The first kappa shape index (κ1) is 17.5. The van der Waals surface area contributed by atoms with E-state index in [1.165, 1.54) is 20.2 Å². The second kappa shape index (κ2) is 6.92. The van der Waals surface area contributed by atoms with Crippen molar-refractivity contribution < 1.29 is 27.1 Å². The first-order chi connectivity index (χ1) is 9.64. The number of carbonyl (C=O) groups is 1. The van der Waals surface area contributed by atoms with E-state index >= 15 is 0 Å². The van der Waals surface area contributed by atoms with E-state index in [0.29, 0.717) is 0 Å². The number of carboxylic acids is 1. The maximum atomic E-state index is 13.1. The first-order valence-corrected chi connectivity index (χ1v) is 7.37. The highest BCUT2D eigenvalue weighted by molar-refractivity contribution is 7.86. The molecule has 1 aromatic rings. The Balaban J connectivity index is 2.78. The Labute approximate surface area is 121 Å². The summed E-state index contributed by atoms with van der Waals surface area (Å²) >= 11 is 0. The predicted molar refractivity (Wildman–Crippen MR) is 71.6 cm³/mol. The van der Waals surface area contributed by atoms with Crippen LogP contribution in [0.1, 0.15) is 12.0 Å². The van der Waals surface area contributed by atoms with E-state index in [4.69, 9.17) is 5.11 Å². The molecule has 1 aromatic carbocycles. The number of carboxylic acid groups (broad SMARTS) is 1. The fraction of sp³-hybridized carbons (Fsp3) is 0.417. The van der Waals surface area contributed by atoms with Gasteiger partial charge < -0.3 is 5.11 Å². The van der Waals surface area contributed by atoms with Crippen LogP contribution >= 0.6 is 0 Å². The van der Waals surface area contributed by atoms with Gasteiger partial charge in [-0.05, 0) is 17.7 Å². The van der Waals surface area contributed by atoms with Gasteiger partial charge in [-0.1, -0.05) is 6.07 Å². The predicted octanol–water partition coefficient (Wildman–Crippen LogP) is 1.05. The molecule has 0 aliphatic carbocycles. The molecule has 0 saturated carbocycles. The van der Waals surface area contributed by atoms with Gasteiger partial charge in [0.05, 0.1) is 6.42 Å². The van der Waals surface area contributed by atoms with Gasteiger partial charge in [0.15, 0.2) is 11.6 Å². The summed E-state index contributed by atoms with van der Waals surface area (Å²) in [5.41, 5.74) is 0.284. The van der Waals surface area contributed by atoms with Crippen molar-refractivity contribution in [3.05, 3.63) is 35.4 Å². The Kier molecular flexibility index (Phi) is 5.76. The Morgan fingerprint density at radius 3 is 2.33 bits per heavy atom. The van der Waals surface area contributed by atoms with E-state index in [1.807, 2.05) is 0 Å². The van der Waals surface area contributed by atoms with Crippen LogP contribution in [0.4, 0.5) is 8.78 Å². The number of aliphatic carboxylic acids is 1. The second-order valence-corrected chi connectivity index (χ2v) is 6.62. The van der Waals surface area contributed by atoms with Crippen molar-refractivity contribution in [2.45, 2.75) is 13.0 Å². The van der Waals surface area contributed by atoms with E-state index in [1.54, 1.807) is 0 Å². The topological polar surface area (TPSA) is 77.9 Å². The van der Waals surface area contributed by atoms with Crippen molar-refractivity contribution >= 4 is 16.2 Å². The molecule has 1 rings (SSSR count). The van der Waals surface area contributed by atoms with Gasteiger partial charge in [0.1, 0.15) is 0 Å².